The van der Waals surface area contributed by atoms with Crippen LogP contribution in [0.25, 0.3) is 11.6 Å². The Bertz CT molecular complexity index is 3850. The van der Waals surface area contributed by atoms with Gasteiger partial charge in [-0.15, -0.1) is 31.2 Å². The minimum atomic E-state index is -5.41. The fourth-order valence-corrected chi connectivity index (χ4v) is 12.3. The van der Waals surface area contributed by atoms with E-state index in [9.17, 15) is 47.4 Å². The van der Waals surface area contributed by atoms with Crippen LogP contribution in [-0.2, 0) is 83.3 Å². The number of carbonyl (C=O) groups is 6. The number of carboxylic acid groups (broad SMARTS) is 2. The van der Waals surface area contributed by atoms with E-state index < -0.39 is 117 Å². The molecule has 0 spiro atoms. The van der Waals surface area contributed by atoms with Gasteiger partial charge in [0, 0.05) is 61.9 Å². The number of alkyl halides is 2. The van der Waals surface area contributed by atoms with Crippen LogP contribution in [0.3, 0.4) is 0 Å². The van der Waals surface area contributed by atoms with Crippen LogP contribution < -0.4 is 62.8 Å². The standard InChI is InChI=1S/C56H68F2N20O16S3/c1-53(2)43(69-45(79)41(35-21-95-51(61)67-35)71-91-37(49(83)84)19-89-33-9-11-39(65-15-33)73-17-31(7-5-13-59)75(29-73)27-55(57)23-63-24-55)47(81)77(53)93-97(87,88)94-78-48(82)44(54(78,3)4)70-46(80)42(36-22-96-52(62)68-36)72-92-38(50(85)86)20-90-34-10-12-40(66-16-34)74-18-32(8-6-14-60)76(30-74)28-56(58)25-64-26-56/h9-12,15-18,21-22,29-30,37-38,43-44,63-64H,5-8,13-14,19-20,23-28,59-60H2,1-4H3,(H6-2,61,62,67,68,69,70,79,80,83,84,85,86)/p+2/b71-41-,72-42-/t37-,38-,43+,44+/m0/s1. The third-order valence-corrected chi connectivity index (χ3v) is 17.9. The summed E-state index contributed by atoms with van der Waals surface area (Å²) in [5.74, 6) is -6.66. The monoisotopic (exact) mass is 1410 g/mol. The Labute approximate surface area is 558 Å². The molecule has 520 valence electrons. The zero-order chi connectivity index (χ0) is 69.8. The highest BCUT2D eigenvalue weighted by Crippen LogP contribution is 2.37. The molecule has 0 bridgehead atoms. The summed E-state index contributed by atoms with van der Waals surface area (Å²) in [5, 5.41) is 41.6. The van der Waals surface area contributed by atoms with Gasteiger partial charge in [-0.3, -0.25) is 19.2 Å². The first kappa shape index (κ1) is 70.3. The maximum absolute atomic E-state index is 15.1. The second kappa shape index (κ2) is 28.7. The molecule has 4 fully saturated rings. The van der Waals surface area contributed by atoms with E-state index in [1.54, 1.807) is 33.9 Å². The van der Waals surface area contributed by atoms with Crippen molar-refractivity contribution in [2.75, 3.05) is 63.9 Å². The normalized spacial score (nSPS) is 19.1. The Morgan fingerprint density at radius 2 is 1.08 bits per heavy atom. The van der Waals surface area contributed by atoms with Crippen LogP contribution in [0.15, 0.2) is 82.8 Å². The molecule has 97 heavy (non-hydrogen) atoms. The topological polar surface area (TPSA) is 485 Å². The summed E-state index contributed by atoms with van der Waals surface area (Å²) in [6.45, 7) is 5.87. The van der Waals surface area contributed by atoms with Crippen LogP contribution in [-0.4, -0.2) is 204 Å². The van der Waals surface area contributed by atoms with E-state index in [4.69, 9.17) is 50.7 Å². The SMILES string of the molecule is CC1(C)[C@H](NC(=O)/C(=N\O[C@@H](COc2ccc(-n3cc(CCCN)[n+](CC4(F)CNC4)c3)nc2)C(=O)O)c2csc(N)n2)C(=O)N1OS(=O)(=O)ON1C(=O)[C@@H](NC(=O)/C(=N\O[C@@H](COc2ccc(-n3cc(CCCN)[n+](CC4(F)CNC4)c3)nc2)C(=O)O)c2csc(N)n2)C1(C)C. The van der Waals surface area contributed by atoms with Gasteiger partial charge in [-0.2, -0.15) is 27.7 Å². The van der Waals surface area contributed by atoms with Crippen molar-refractivity contribution in [2.24, 2.45) is 21.8 Å². The lowest BCUT2D eigenvalue weighted by atomic mass is 9.84. The number of ether oxygens (including phenoxy) is 2. The lowest BCUT2D eigenvalue weighted by Gasteiger charge is -2.52. The maximum atomic E-state index is 15.1. The predicted molar refractivity (Wildman–Crippen MR) is 335 cm³/mol. The first-order chi connectivity index (χ1) is 46.0. The summed E-state index contributed by atoms with van der Waals surface area (Å²) < 4.78 is 85.6. The van der Waals surface area contributed by atoms with Crippen LogP contribution in [0.1, 0.15) is 63.3 Å². The van der Waals surface area contributed by atoms with Crippen LogP contribution in [0.2, 0.25) is 0 Å². The van der Waals surface area contributed by atoms with Gasteiger partial charge in [0.25, 0.3) is 48.5 Å². The van der Waals surface area contributed by atoms with E-state index in [0.717, 1.165) is 34.1 Å². The molecule has 4 aliphatic heterocycles. The zero-order valence-corrected chi connectivity index (χ0v) is 54.9. The summed E-state index contributed by atoms with van der Waals surface area (Å²) in [4.78, 5) is 108. The Hall–Kier alpha value is -9.49. The Balaban J connectivity index is 0.730. The van der Waals surface area contributed by atoms with Gasteiger partial charge in [-0.05, 0) is 65.8 Å². The molecule has 0 radical (unpaired) electrons. The Kier molecular flexibility index (Phi) is 20.8. The van der Waals surface area contributed by atoms with Crippen LogP contribution in [0, 0.1) is 0 Å². The quantitative estimate of drug-likeness (QED) is 0.00874. The molecule has 14 N–H and O–H groups in total. The molecule has 0 saturated carbocycles. The average Bonchev–Trinajstić information content (AvgIpc) is 1.73. The van der Waals surface area contributed by atoms with Gasteiger partial charge in [0.15, 0.2) is 33.0 Å². The van der Waals surface area contributed by atoms with Crippen molar-refractivity contribution in [3.05, 3.63) is 95.2 Å². The number of anilines is 2. The second-order valence-electron chi connectivity index (χ2n) is 24.0. The number of nitrogens with zero attached hydrogens (tertiary/aromatic N) is 12. The van der Waals surface area contributed by atoms with Crippen molar-refractivity contribution in [2.45, 2.75) is 113 Å². The van der Waals surface area contributed by atoms with E-state index in [2.05, 4.69) is 51.5 Å². The number of aromatic nitrogens is 8. The number of oxime groups is 2. The van der Waals surface area contributed by atoms with Crippen molar-refractivity contribution >= 4 is 90.3 Å². The number of amides is 4. The van der Waals surface area contributed by atoms with Crippen molar-refractivity contribution in [1.29, 1.82) is 0 Å². The highest BCUT2D eigenvalue weighted by molar-refractivity contribution is 7.81. The molecule has 4 aliphatic rings. The summed E-state index contributed by atoms with van der Waals surface area (Å²) in [6.07, 6.45) is 8.57. The number of pyridine rings is 2. The number of hydrogen-bond donors (Lipinski definition) is 10. The number of carbonyl (C=O) groups excluding carboxylic acids is 4. The molecule has 4 amide bonds. The van der Waals surface area contributed by atoms with Crippen molar-refractivity contribution in [1.82, 2.24) is 60.5 Å². The number of hydroxylamine groups is 4. The van der Waals surface area contributed by atoms with E-state index >= 15 is 8.78 Å². The zero-order valence-electron chi connectivity index (χ0n) is 52.4. The molecule has 10 rings (SSSR count). The van der Waals surface area contributed by atoms with Gasteiger partial charge in [-0.1, -0.05) is 10.3 Å². The first-order valence-corrected chi connectivity index (χ1v) is 33.0. The number of nitrogens with two attached hydrogens (primary N) is 4. The molecule has 0 unspecified atom stereocenters. The second-order valence-corrected chi connectivity index (χ2v) is 26.9. The van der Waals surface area contributed by atoms with Gasteiger partial charge in [-0.25, -0.2) is 47.4 Å². The smallest absolute Gasteiger partial charge is 0.442 e. The van der Waals surface area contributed by atoms with E-state index in [0.29, 0.717) is 60.5 Å². The minimum absolute atomic E-state index is 0.0401. The minimum Gasteiger partial charge on any atom is -0.487 e. The molecule has 10 heterocycles. The van der Waals surface area contributed by atoms with E-state index in [1.165, 1.54) is 63.0 Å². The molecule has 4 atom stereocenters. The third kappa shape index (κ3) is 16.0. The fourth-order valence-electron chi connectivity index (χ4n) is 10.3. The van der Waals surface area contributed by atoms with Crippen molar-refractivity contribution in [3.8, 4) is 23.1 Å². The first-order valence-electron chi connectivity index (χ1n) is 29.9. The summed E-state index contributed by atoms with van der Waals surface area (Å²) in [7, 11) is -5.41. The largest absolute Gasteiger partial charge is 0.487 e. The predicted octanol–water partition coefficient (Wildman–Crippen LogP) is -2.36. The summed E-state index contributed by atoms with van der Waals surface area (Å²) >= 11 is 1.76. The summed E-state index contributed by atoms with van der Waals surface area (Å²) in [6, 6.07) is 3.08. The fraction of sp³-hybridized carbons (Fsp3) is 0.464. The number of halogens is 2. The number of nitrogens with one attached hydrogen (secondary N) is 4. The highest BCUT2D eigenvalue weighted by Gasteiger charge is 2.61. The molecule has 6 aromatic heterocycles. The lowest BCUT2D eigenvalue weighted by molar-refractivity contribution is -0.715. The van der Waals surface area contributed by atoms with Gasteiger partial charge in [0.2, 0.25) is 11.6 Å². The summed E-state index contributed by atoms with van der Waals surface area (Å²) in [5.41, 5.74) is 16.9. The molecule has 6 aromatic rings. The molecule has 41 heteroatoms. The number of β-lactam (4-membered cyclic amide) rings is 2. The van der Waals surface area contributed by atoms with Gasteiger partial charge in [0.1, 0.15) is 85.1 Å². The van der Waals surface area contributed by atoms with E-state index in [-0.39, 0.29) is 72.4 Å². The molecular weight excluding hydrogens is 1340 g/mol. The molecule has 0 aromatic carbocycles. The number of carboxylic acids is 2. The highest BCUT2D eigenvalue weighted by atomic mass is 32.3. The number of aryl methyl sites for hydroxylation is 2. The Morgan fingerprint density at radius 3 is 1.38 bits per heavy atom. The molecular formula is C56H70F2N20O16S3+2. The van der Waals surface area contributed by atoms with Crippen LogP contribution in [0.4, 0.5) is 19.0 Å². The maximum Gasteiger partial charge on any atom is 0.442 e. The van der Waals surface area contributed by atoms with E-state index in [1.807, 2.05) is 21.5 Å². The third-order valence-electron chi connectivity index (χ3n) is 15.9. The number of imidazole rings is 2. The number of nitrogen functional groups attached to an aromatic ring is 2. The van der Waals surface area contributed by atoms with Crippen LogP contribution in [0.5, 0.6) is 11.5 Å². The van der Waals surface area contributed by atoms with Crippen LogP contribution >= 0.6 is 22.7 Å². The van der Waals surface area contributed by atoms with Gasteiger partial charge >= 0.3 is 22.3 Å². The lowest BCUT2D eigenvalue weighted by Crippen LogP contribution is -2.78. The number of rotatable bonds is 34. The van der Waals surface area contributed by atoms with Gasteiger partial charge in [0.05, 0.1) is 23.5 Å². The number of aliphatic carboxylic acids is 2. The molecule has 36 nitrogen and oxygen atoms in total. The molecule has 0 aliphatic carbocycles. The van der Waals surface area contributed by atoms with Gasteiger partial charge < -0.3 is 73.6 Å². The molecule has 4 saturated heterocycles. The number of thiazole rings is 2. The van der Waals surface area contributed by atoms with Crippen molar-refractivity contribution < 1.29 is 93.0 Å². The average molecular weight is 1410 g/mol. The number of hydrogen-bond acceptors (Lipinski definition) is 28. The van der Waals surface area contributed by atoms with Crippen molar-refractivity contribution in [3.63, 3.8) is 0 Å². The Morgan fingerprint density at radius 1 is 0.691 bits per heavy atom.